The van der Waals surface area contributed by atoms with Crippen molar-refractivity contribution >= 4 is 21.4 Å². The summed E-state index contributed by atoms with van der Waals surface area (Å²) >= 11 is 2.08. The van der Waals surface area contributed by atoms with E-state index in [-0.39, 0.29) is 0 Å². The van der Waals surface area contributed by atoms with Crippen LogP contribution in [0.3, 0.4) is 0 Å². The zero-order chi connectivity index (χ0) is 11.3. The Labute approximate surface area is 99.4 Å². The van der Waals surface area contributed by atoms with E-state index in [2.05, 4.69) is 50.0 Å². The first-order valence-corrected chi connectivity index (χ1v) is 9.25. The fourth-order valence-corrected chi connectivity index (χ4v) is 4.87. The van der Waals surface area contributed by atoms with Crippen LogP contribution in [0.4, 0.5) is 0 Å². The summed E-state index contributed by atoms with van der Waals surface area (Å²) in [6.07, 6.45) is 11.1. The van der Waals surface area contributed by atoms with Crippen molar-refractivity contribution < 1.29 is 0 Å². The van der Waals surface area contributed by atoms with Crippen molar-refractivity contribution in [3.8, 4) is 0 Å². The molecule has 1 aliphatic carbocycles. The molecule has 1 aromatic rings. The summed E-state index contributed by atoms with van der Waals surface area (Å²) in [4.78, 5) is 1.67. The molecule has 0 fully saturated rings. The van der Waals surface area contributed by atoms with Crippen LogP contribution in [-0.2, 0) is 12.8 Å². The molecule has 0 amide bonds. The molecular formula is C13H22S2. The van der Waals surface area contributed by atoms with Gasteiger partial charge in [-0.1, -0.05) is 13.8 Å². The molecule has 0 aromatic carbocycles. The molecule has 0 aliphatic heterocycles. The maximum Gasteiger partial charge on any atom is 0.0427 e. The largest absolute Gasteiger partial charge is 0.214 e. The Morgan fingerprint density at radius 2 is 1.93 bits per heavy atom. The molecule has 0 bridgehead atoms. The predicted octanol–water partition coefficient (Wildman–Crippen LogP) is 4.32. The van der Waals surface area contributed by atoms with Gasteiger partial charge in [-0.15, -0.1) is 11.3 Å². The maximum atomic E-state index is 2.50. The lowest BCUT2D eigenvalue weighted by atomic mass is 9.77. The number of aryl methyl sites for hydroxylation is 1. The van der Waals surface area contributed by atoms with E-state index in [1.807, 2.05) is 0 Å². The monoisotopic (exact) mass is 242 g/mol. The van der Waals surface area contributed by atoms with Crippen molar-refractivity contribution in [3.05, 3.63) is 16.5 Å². The van der Waals surface area contributed by atoms with Crippen molar-refractivity contribution in [3.63, 3.8) is 0 Å². The SMILES string of the molecule is CC1(C)CCc2sc(S(C)(C)C)cc2C1. The minimum absolute atomic E-state index is 0.516. The number of fused-ring (bicyclic) bond motifs is 1. The second-order valence-corrected chi connectivity index (χ2v) is 11.7. The van der Waals surface area contributed by atoms with Crippen LogP contribution in [-0.4, -0.2) is 18.8 Å². The lowest BCUT2D eigenvalue weighted by Crippen LogP contribution is -2.20. The van der Waals surface area contributed by atoms with E-state index in [0.717, 1.165) is 0 Å². The molecule has 0 spiro atoms. The molecule has 0 N–H and O–H groups in total. The standard InChI is InChI=1S/C13H22S2/c1-13(2)7-6-11-10(9-13)8-12(14-11)15(3,4)5/h8H,6-7,9H2,1-5H3. The molecule has 0 saturated heterocycles. The molecule has 2 rings (SSSR count). The fraction of sp³-hybridized carbons (Fsp3) is 0.692. The summed E-state index contributed by atoms with van der Waals surface area (Å²) in [5.74, 6) is 0. The van der Waals surface area contributed by atoms with Crippen LogP contribution in [0.2, 0.25) is 0 Å². The van der Waals surface area contributed by atoms with Crippen LogP contribution < -0.4 is 0 Å². The van der Waals surface area contributed by atoms with Gasteiger partial charge in [-0.25, -0.2) is 10.0 Å². The molecule has 86 valence electrons. The van der Waals surface area contributed by atoms with Gasteiger partial charge in [-0.2, -0.15) is 0 Å². The molecule has 1 heterocycles. The second-order valence-electron chi connectivity index (χ2n) is 6.19. The second kappa shape index (κ2) is 3.53. The zero-order valence-corrected chi connectivity index (χ0v) is 12.1. The Balaban J connectivity index is 2.34. The highest BCUT2D eigenvalue weighted by molar-refractivity contribution is 8.33. The number of thiophene rings is 1. The highest BCUT2D eigenvalue weighted by atomic mass is 32.3. The number of hydrogen-bond acceptors (Lipinski definition) is 1. The number of hydrogen-bond donors (Lipinski definition) is 0. The van der Waals surface area contributed by atoms with Crippen molar-refractivity contribution in [2.24, 2.45) is 5.41 Å². The average Bonchev–Trinajstić information content (AvgIpc) is 2.43. The average molecular weight is 242 g/mol. The van der Waals surface area contributed by atoms with Crippen LogP contribution in [0, 0.1) is 5.41 Å². The summed E-state index contributed by atoms with van der Waals surface area (Å²) < 4.78 is 1.64. The van der Waals surface area contributed by atoms with E-state index in [4.69, 9.17) is 0 Å². The first-order valence-electron chi connectivity index (χ1n) is 5.58. The van der Waals surface area contributed by atoms with Crippen LogP contribution >= 0.6 is 21.4 Å². The summed E-state index contributed by atoms with van der Waals surface area (Å²) in [6.45, 7) is 4.80. The Morgan fingerprint density at radius 3 is 2.53 bits per heavy atom. The normalized spacial score (nSPS) is 21.1. The third-order valence-electron chi connectivity index (χ3n) is 3.18. The molecule has 2 heteroatoms. The van der Waals surface area contributed by atoms with Gasteiger partial charge in [0, 0.05) is 9.09 Å². The molecule has 0 saturated carbocycles. The van der Waals surface area contributed by atoms with E-state index in [0.29, 0.717) is 5.41 Å². The quantitative estimate of drug-likeness (QED) is 0.688. The number of rotatable bonds is 1. The van der Waals surface area contributed by atoms with Gasteiger partial charge in [0.25, 0.3) is 0 Å². The smallest absolute Gasteiger partial charge is 0.0427 e. The third kappa shape index (κ3) is 2.42. The zero-order valence-electron chi connectivity index (χ0n) is 10.5. The molecule has 0 nitrogen and oxygen atoms in total. The summed E-state index contributed by atoms with van der Waals surface area (Å²) in [5.41, 5.74) is 2.17. The Morgan fingerprint density at radius 1 is 1.27 bits per heavy atom. The van der Waals surface area contributed by atoms with E-state index in [9.17, 15) is 0 Å². The molecule has 0 unspecified atom stereocenters. The molecular weight excluding hydrogens is 220 g/mol. The van der Waals surface area contributed by atoms with Crippen molar-refractivity contribution in [1.82, 2.24) is 0 Å². The minimum atomic E-state index is -0.516. The van der Waals surface area contributed by atoms with Crippen LogP contribution in [0.5, 0.6) is 0 Å². The molecule has 15 heavy (non-hydrogen) atoms. The Kier molecular flexibility index (Phi) is 2.71. The van der Waals surface area contributed by atoms with Crippen molar-refractivity contribution in [1.29, 1.82) is 0 Å². The van der Waals surface area contributed by atoms with Gasteiger partial charge in [-0.3, -0.25) is 0 Å². The van der Waals surface area contributed by atoms with Gasteiger partial charge in [0.15, 0.2) is 0 Å². The Hall–Kier alpha value is 0.0500. The maximum absolute atomic E-state index is 2.50. The van der Waals surface area contributed by atoms with Gasteiger partial charge < -0.3 is 0 Å². The van der Waals surface area contributed by atoms with E-state index >= 15 is 0 Å². The summed E-state index contributed by atoms with van der Waals surface area (Å²) in [6, 6.07) is 2.50. The highest BCUT2D eigenvalue weighted by Crippen LogP contribution is 2.52. The fourth-order valence-electron chi connectivity index (χ4n) is 2.16. The van der Waals surface area contributed by atoms with Gasteiger partial charge in [0.1, 0.15) is 0 Å². The van der Waals surface area contributed by atoms with Crippen molar-refractivity contribution in [2.45, 2.75) is 37.3 Å². The van der Waals surface area contributed by atoms with Crippen LogP contribution in [0.15, 0.2) is 10.3 Å². The topological polar surface area (TPSA) is 0 Å². The first kappa shape index (κ1) is 11.5. The lowest BCUT2D eigenvalue weighted by molar-refractivity contribution is 0.318. The minimum Gasteiger partial charge on any atom is -0.214 e. The van der Waals surface area contributed by atoms with E-state index < -0.39 is 10.0 Å². The molecule has 0 radical (unpaired) electrons. The lowest BCUT2D eigenvalue weighted by Gasteiger charge is -2.29. The first-order chi connectivity index (χ1) is 6.78. The van der Waals surface area contributed by atoms with Gasteiger partial charge in [0.05, 0.1) is 0 Å². The van der Waals surface area contributed by atoms with Crippen LogP contribution in [0.1, 0.15) is 30.7 Å². The van der Waals surface area contributed by atoms with Crippen LogP contribution in [0.25, 0.3) is 0 Å². The van der Waals surface area contributed by atoms with Crippen molar-refractivity contribution in [2.75, 3.05) is 18.8 Å². The summed E-state index contributed by atoms with van der Waals surface area (Å²) in [5, 5.41) is 0. The predicted molar refractivity (Wildman–Crippen MR) is 73.8 cm³/mol. The summed E-state index contributed by atoms with van der Waals surface area (Å²) in [7, 11) is -0.516. The van der Waals surface area contributed by atoms with Gasteiger partial charge >= 0.3 is 0 Å². The van der Waals surface area contributed by atoms with Gasteiger partial charge in [0.2, 0.25) is 0 Å². The van der Waals surface area contributed by atoms with E-state index in [1.165, 1.54) is 19.3 Å². The Bertz CT molecular complexity index is 366. The third-order valence-corrected chi connectivity index (χ3v) is 7.28. The van der Waals surface area contributed by atoms with E-state index in [1.54, 1.807) is 14.6 Å². The van der Waals surface area contributed by atoms with Gasteiger partial charge in [-0.05, 0) is 55.1 Å². The highest BCUT2D eigenvalue weighted by Gasteiger charge is 2.27. The molecule has 1 aliphatic rings. The molecule has 1 aromatic heterocycles. The molecule has 0 atom stereocenters.